The fraction of sp³-hybridized carbons (Fsp3) is 0.939. The number of carbonyl (C=O) groups is 1. The van der Waals surface area contributed by atoms with Gasteiger partial charge in [-0.25, -0.2) is 0 Å². The van der Waals surface area contributed by atoms with Gasteiger partial charge in [0.2, 0.25) is 5.91 Å². The number of allylic oxidation sites excluding steroid dienone is 1. The molecule has 4 N–H and O–H groups in total. The van der Waals surface area contributed by atoms with Crippen molar-refractivity contribution in [3.8, 4) is 0 Å². The van der Waals surface area contributed by atoms with Crippen LogP contribution in [0.5, 0.6) is 0 Å². The van der Waals surface area contributed by atoms with E-state index < -0.39 is 24.2 Å². The summed E-state index contributed by atoms with van der Waals surface area (Å²) in [5.74, 6) is -0.497. The monoisotopic (exact) mass is 764 g/mol. The highest BCUT2D eigenvalue weighted by Gasteiger charge is 2.22. The number of hydrogen-bond acceptors (Lipinski definition) is 4. The smallest absolute Gasteiger partial charge is 0.249 e. The van der Waals surface area contributed by atoms with Gasteiger partial charge in [0.1, 0.15) is 6.10 Å². The van der Waals surface area contributed by atoms with Crippen molar-refractivity contribution in [2.45, 2.75) is 289 Å². The number of amides is 1. The standard InChI is InChI=1S/C49H97NO4/c1-3-5-7-9-11-13-15-17-19-21-23-24-26-28-30-32-34-36-38-40-42-44-48(53)49(54)50-46(45-51)47(52)43-41-39-37-35-33-31-29-27-25-22-20-18-16-14-12-10-8-6-4-2/h41,43,46-48,51-53H,3-40,42,44-45H2,1-2H3,(H,50,54)/b43-41+. The van der Waals surface area contributed by atoms with Crippen LogP contribution in [0.25, 0.3) is 0 Å². The third-order valence-electron chi connectivity index (χ3n) is 11.6. The molecular formula is C49H97NO4. The Morgan fingerprint density at radius 2 is 0.722 bits per heavy atom. The zero-order valence-corrected chi connectivity index (χ0v) is 36.6. The van der Waals surface area contributed by atoms with Crippen LogP contribution in [0, 0.1) is 0 Å². The highest BCUT2D eigenvalue weighted by molar-refractivity contribution is 5.80. The lowest BCUT2D eigenvalue weighted by Gasteiger charge is -2.21. The van der Waals surface area contributed by atoms with Gasteiger partial charge in [0.15, 0.2) is 0 Å². The molecule has 0 aromatic heterocycles. The zero-order chi connectivity index (χ0) is 39.4. The number of hydrogen-bond donors (Lipinski definition) is 4. The van der Waals surface area contributed by atoms with E-state index in [1.807, 2.05) is 6.08 Å². The molecule has 3 atom stereocenters. The summed E-state index contributed by atoms with van der Waals surface area (Å²) < 4.78 is 0. The van der Waals surface area contributed by atoms with E-state index in [4.69, 9.17) is 0 Å². The van der Waals surface area contributed by atoms with E-state index >= 15 is 0 Å². The minimum atomic E-state index is -1.09. The van der Waals surface area contributed by atoms with Crippen LogP contribution in [0.4, 0.5) is 0 Å². The highest BCUT2D eigenvalue weighted by Crippen LogP contribution is 2.17. The Morgan fingerprint density at radius 3 is 1.02 bits per heavy atom. The maximum atomic E-state index is 12.5. The van der Waals surface area contributed by atoms with E-state index in [2.05, 4.69) is 19.2 Å². The zero-order valence-electron chi connectivity index (χ0n) is 36.6. The van der Waals surface area contributed by atoms with Crippen LogP contribution in [0.1, 0.15) is 271 Å². The van der Waals surface area contributed by atoms with Crippen molar-refractivity contribution in [2.24, 2.45) is 0 Å². The Morgan fingerprint density at radius 1 is 0.444 bits per heavy atom. The molecule has 5 nitrogen and oxygen atoms in total. The number of nitrogens with one attached hydrogen (secondary N) is 1. The topological polar surface area (TPSA) is 89.8 Å². The van der Waals surface area contributed by atoms with Gasteiger partial charge in [0.05, 0.1) is 18.8 Å². The molecule has 54 heavy (non-hydrogen) atoms. The summed E-state index contributed by atoms with van der Waals surface area (Å²) >= 11 is 0. The van der Waals surface area contributed by atoms with E-state index in [1.165, 1.54) is 218 Å². The highest BCUT2D eigenvalue weighted by atomic mass is 16.3. The Labute approximate surface area is 338 Å². The van der Waals surface area contributed by atoms with E-state index in [0.29, 0.717) is 6.42 Å². The Balaban J connectivity index is 3.59. The summed E-state index contributed by atoms with van der Waals surface area (Å²) in [6, 6.07) is -0.793. The average molecular weight is 764 g/mol. The number of carbonyl (C=O) groups excluding carboxylic acids is 1. The third-order valence-corrected chi connectivity index (χ3v) is 11.6. The quantitative estimate of drug-likeness (QED) is 0.0367. The first-order chi connectivity index (χ1) is 26.6. The maximum absolute atomic E-state index is 12.5. The SMILES string of the molecule is CCCCCCCCCCCCCCCCCCC/C=C/C(O)C(CO)NC(=O)C(O)CCCCCCCCCCCCCCCCCCCCCCC. The molecule has 0 aliphatic heterocycles. The molecular weight excluding hydrogens is 667 g/mol. The molecule has 5 heteroatoms. The molecule has 0 spiro atoms. The molecule has 0 saturated heterocycles. The maximum Gasteiger partial charge on any atom is 0.249 e. The van der Waals surface area contributed by atoms with Gasteiger partial charge >= 0.3 is 0 Å². The summed E-state index contributed by atoms with van der Waals surface area (Å²) in [6.45, 7) is 4.21. The van der Waals surface area contributed by atoms with E-state index in [1.54, 1.807) is 6.08 Å². The van der Waals surface area contributed by atoms with Crippen LogP contribution >= 0.6 is 0 Å². The summed E-state index contributed by atoms with van der Waals surface area (Å²) in [4.78, 5) is 12.5. The van der Waals surface area contributed by atoms with Crippen molar-refractivity contribution in [1.82, 2.24) is 5.32 Å². The predicted molar refractivity (Wildman–Crippen MR) is 236 cm³/mol. The molecule has 322 valence electrons. The summed E-state index contributed by atoms with van der Waals surface area (Å²) in [5.41, 5.74) is 0. The summed E-state index contributed by atoms with van der Waals surface area (Å²) in [5, 5.41) is 33.3. The minimum absolute atomic E-state index is 0.359. The molecule has 1 amide bonds. The summed E-state index contributed by atoms with van der Waals surface area (Å²) in [6.07, 6.45) is 54.0. The van der Waals surface area contributed by atoms with Crippen LogP contribution in [0.15, 0.2) is 12.2 Å². The molecule has 0 fully saturated rings. The van der Waals surface area contributed by atoms with Crippen molar-refractivity contribution in [3.63, 3.8) is 0 Å². The second kappa shape index (κ2) is 44.8. The van der Waals surface area contributed by atoms with Crippen molar-refractivity contribution >= 4 is 5.91 Å². The first-order valence-electron chi connectivity index (χ1n) is 24.5. The fourth-order valence-corrected chi connectivity index (χ4v) is 7.78. The van der Waals surface area contributed by atoms with Crippen LogP contribution < -0.4 is 5.32 Å². The molecule has 0 heterocycles. The van der Waals surface area contributed by atoms with Gasteiger partial charge < -0.3 is 20.6 Å². The number of aliphatic hydroxyl groups excluding tert-OH is 3. The molecule has 0 saturated carbocycles. The van der Waals surface area contributed by atoms with Gasteiger partial charge in [-0.15, -0.1) is 0 Å². The molecule has 0 bridgehead atoms. The van der Waals surface area contributed by atoms with Gasteiger partial charge in [-0.1, -0.05) is 264 Å². The lowest BCUT2D eigenvalue weighted by Crippen LogP contribution is -2.48. The molecule has 0 radical (unpaired) electrons. The van der Waals surface area contributed by atoms with Gasteiger partial charge in [-0.3, -0.25) is 4.79 Å². The number of rotatable bonds is 45. The van der Waals surface area contributed by atoms with Gasteiger partial charge in [-0.05, 0) is 19.3 Å². The van der Waals surface area contributed by atoms with Crippen LogP contribution in [-0.2, 0) is 4.79 Å². The van der Waals surface area contributed by atoms with Crippen molar-refractivity contribution in [3.05, 3.63) is 12.2 Å². The molecule has 0 aliphatic carbocycles. The van der Waals surface area contributed by atoms with E-state index in [-0.39, 0.29) is 6.61 Å². The van der Waals surface area contributed by atoms with Gasteiger partial charge in [0.25, 0.3) is 0 Å². The molecule has 3 unspecified atom stereocenters. The molecule has 0 rings (SSSR count). The predicted octanol–water partition coefficient (Wildman–Crippen LogP) is 14.4. The average Bonchev–Trinajstić information content (AvgIpc) is 3.18. The Bertz CT molecular complexity index is 758. The normalized spacial score (nSPS) is 13.5. The third kappa shape index (κ3) is 39.3. The largest absolute Gasteiger partial charge is 0.394 e. The first-order valence-corrected chi connectivity index (χ1v) is 24.5. The molecule has 0 aromatic rings. The number of aliphatic hydroxyl groups is 3. The Kier molecular flexibility index (Phi) is 44.0. The fourth-order valence-electron chi connectivity index (χ4n) is 7.78. The molecule has 0 aliphatic rings. The lowest BCUT2D eigenvalue weighted by molar-refractivity contribution is -0.131. The van der Waals surface area contributed by atoms with Crippen LogP contribution in [-0.4, -0.2) is 46.1 Å². The van der Waals surface area contributed by atoms with Gasteiger partial charge in [-0.2, -0.15) is 0 Å². The van der Waals surface area contributed by atoms with E-state index in [0.717, 1.165) is 32.1 Å². The number of unbranched alkanes of at least 4 members (excludes halogenated alkanes) is 37. The van der Waals surface area contributed by atoms with Crippen molar-refractivity contribution in [2.75, 3.05) is 6.61 Å². The van der Waals surface area contributed by atoms with Crippen LogP contribution in [0.3, 0.4) is 0 Å². The molecule has 0 aromatic carbocycles. The van der Waals surface area contributed by atoms with Crippen molar-refractivity contribution in [1.29, 1.82) is 0 Å². The lowest BCUT2D eigenvalue weighted by atomic mass is 10.0. The minimum Gasteiger partial charge on any atom is -0.394 e. The van der Waals surface area contributed by atoms with Gasteiger partial charge in [0, 0.05) is 0 Å². The van der Waals surface area contributed by atoms with Crippen molar-refractivity contribution < 1.29 is 20.1 Å². The van der Waals surface area contributed by atoms with Crippen LogP contribution in [0.2, 0.25) is 0 Å². The van der Waals surface area contributed by atoms with E-state index in [9.17, 15) is 20.1 Å². The second-order valence-corrected chi connectivity index (χ2v) is 17.0. The first kappa shape index (κ1) is 53.1. The Hall–Kier alpha value is -0.910. The second-order valence-electron chi connectivity index (χ2n) is 17.0. The summed E-state index contributed by atoms with van der Waals surface area (Å²) in [7, 11) is 0.